The molecule has 9 atom stereocenters. The molecule has 1 saturated heterocycles. The van der Waals surface area contributed by atoms with Crippen LogP contribution in [0.1, 0.15) is 65.5 Å². The Balaban J connectivity index is 2.04. The maximum Gasteiger partial charge on any atom is 0.172 e. The molecule has 5 N–H and O–H groups in total. The topological polar surface area (TPSA) is 127 Å². The first-order valence-corrected chi connectivity index (χ1v) is 13.0. The van der Waals surface area contributed by atoms with E-state index in [1.165, 1.54) is 17.7 Å². The lowest BCUT2D eigenvalue weighted by molar-refractivity contribution is -0.228. The maximum atomic E-state index is 13.6. The molecule has 1 saturated carbocycles. The minimum Gasteiger partial charge on any atom is -0.508 e. The fraction of sp³-hybridized carbons (Fsp3) is 0.567. The van der Waals surface area contributed by atoms with Crippen molar-refractivity contribution in [2.45, 2.75) is 84.4 Å². The van der Waals surface area contributed by atoms with Crippen molar-refractivity contribution in [2.75, 3.05) is 0 Å². The van der Waals surface area contributed by atoms with Crippen LogP contribution in [0.5, 0.6) is 11.5 Å². The average Bonchev–Trinajstić information content (AvgIpc) is 2.80. The van der Waals surface area contributed by atoms with E-state index in [4.69, 9.17) is 4.74 Å². The Morgan fingerprint density at radius 1 is 1.00 bits per heavy atom. The highest BCUT2D eigenvalue weighted by molar-refractivity contribution is 5.88. The van der Waals surface area contributed by atoms with E-state index in [2.05, 4.69) is 12.7 Å². The number of hydrogen-bond donors (Lipinski definition) is 5. The summed E-state index contributed by atoms with van der Waals surface area (Å²) in [5, 5.41) is 54.0. The molecule has 0 bridgehead atoms. The zero-order chi connectivity index (χ0) is 27.6. The predicted octanol–water partition coefficient (Wildman–Crippen LogP) is 4.35. The quantitative estimate of drug-likeness (QED) is 0.326. The van der Waals surface area contributed by atoms with Crippen LogP contribution in [0.2, 0.25) is 0 Å². The second-order valence-electron chi connectivity index (χ2n) is 11.3. The number of ketones is 1. The van der Waals surface area contributed by atoms with Gasteiger partial charge >= 0.3 is 0 Å². The van der Waals surface area contributed by atoms with Gasteiger partial charge in [0.15, 0.2) is 5.78 Å². The molecule has 0 amide bonds. The summed E-state index contributed by atoms with van der Waals surface area (Å²) in [7, 11) is 0. The Labute approximate surface area is 219 Å². The van der Waals surface area contributed by atoms with E-state index in [9.17, 15) is 30.3 Å². The standard InChI is InChI=1S/C30H42O7/c1-15(2)7-9-18(17(5)6)13-22-25(33)21(11-8-16(3)4)26(34)24-27(35)28(36)30(37-29(22)24)20-12-10-19(31)14-23(20)32/h7-8,10,12,14,18,21-22,24-26,28-34,36H,5,9,11,13H2,1-4,6H3/t18-,21+,22+,24-,25+,26-,28-,29-,30+/m0/s1. The van der Waals surface area contributed by atoms with Crippen molar-refractivity contribution in [1.82, 2.24) is 0 Å². The number of hydrogen-bond acceptors (Lipinski definition) is 7. The second-order valence-corrected chi connectivity index (χ2v) is 11.3. The number of aliphatic hydroxyl groups excluding tert-OH is 3. The van der Waals surface area contributed by atoms with Gasteiger partial charge in [0, 0.05) is 23.5 Å². The first kappa shape index (κ1) is 29.1. The van der Waals surface area contributed by atoms with Crippen LogP contribution in [0.25, 0.3) is 0 Å². The summed E-state index contributed by atoms with van der Waals surface area (Å²) in [5.41, 5.74) is 3.31. The number of aromatic hydroxyl groups is 2. The molecule has 204 valence electrons. The van der Waals surface area contributed by atoms with Gasteiger partial charge in [-0.1, -0.05) is 35.5 Å². The molecule has 0 radical (unpaired) electrons. The molecule has 0 unspecified atom stereocenters. The number of benzene rings is 1. The summed E-state index contributed by atoms with van der Waals surface area (Å²) in [6.45, 7) is 14.0. The van der Waals surface area contributed by atoms with E-state index in [1.807, 2.05) is 40.7 Å². The van der Waals surface area contributed by atoms with Crippen molar-refractivity contribution in [1.29, 1.82) is 0 Å². The van der Waals surface area contributed by atoms with Gasteiger partial charge in [-0.25, -0.2) is 0 Å². The van der Waals surface area contributed by atoms with E-state index >= 15 is 0 Å². The normalized spacial score (nSPS) is 32.3. The zero-order valence-electron chi connectivity index (χ0n) is 22.5. The molecule has 7 nitrogen and oxygen atoms in total. The third kappa shape index (κ3) is 6.34. The number of rotatable bonds is 8. The molecule has 0 spiro atoms. The van der Waals surface area contributed by atoms with Crippen LogP contribution in [0, 0.1) is 23.7 Å². The summed E-state index contributed by atoms with van der Waals surface area (Å²) >= 11 is 0. The number of allylic oxidation sites excluding steroid dienone is 5. The molecular formula is C30H42O7. The first-order valence-electron chi connectivity index (χ1n) is 13.0. The summed E-state index contributed by atoms with van der Waals surface area (Å²) in [5.74, 6) is -3.18. The Bertz CT molecular complexity index is 1050. The van der Waals surface area contributed by atoms with Crippen LogP contribution in [0.15, 0.2) is 53.6 Å². The molecule has 2 aliphatic rings. The van der Waals surface area contributed by atoms with Crippen LogP contribution >= 0.6 is 0 Å². The molecule has 1 aliphatic carbocycles. The van der Waals surface area contributed by atoms with Crippen molar-refractivity contribution >= 4 is 5.78 Å². The summed E-state index contributed by atoms with van der Waals surface area (Å²) in [6.07, 6.45) is -0.208. The van der Waals surface area contributed by atoms with E-state index < -0.39 is 54.1 Å². The van der Waals surface area contributed by atoms with Crippen LogP contribution in [-0.4, -0.2) is 55.7 Å². The number of carbonyl (C=O) groups excluding carboxylic acids is 1. The molecule has 2 fully saturated rings. The number of carbonyl (C=O) groups is 1. The van der Waals surface area contributed by atoms with Crippen LogP contribution in [0.3, 0.4) is 0 Å². The third-order valence-corrected chi connectivity index (χ3v) is 7.85. The molecule has 37 heavy (non-hydrogen) atoms. The lowest BCUT2D eigenvalue weighted by Gasteiger charge is -2.52. The van der Waals surface area contributed by atoms with Gasteiger partial charge < -0.3 is 30.3 Å². The van der Waals surface area contributed by atoms with E-state index in [0.717, 1.165) is 23.6 Å². The predicted molar refractivity (Wildman–Crippen MR) is 142 cm³/mol. The molecular weight excluding hydrogens is 472 g/mol. The Morgan fingerprint density at radius 3 is 2.22 bits per heavy atom. The van der Waals surface area contributed by atoms with Crippen LogP contribution in [0.4, 0.5) is 0 Å². The van der Waals surface area contributed by atoms with Gasteiger partial charge in [0.1, 0.15) is 23.7 Å². The smallest absolute Gasteiger partial charge is 0.172 e. The molecule has 1 aliphatic heterocycles. The number of phenolic OH excluding ortho intramolecular Hbond substituents is 2. The first-order chi connectivity index (χ1) is 17.3. The van der Waals surface area contributed by atoms with Gasteiger partial charge in [-0.2, -0.15) is 0 Å². The zero-order valence-corrected chi connectivity index (χ0v) is 22.5. The van der Waals surface area contributed by atoms with Gasteiger partial charge in [0.25, 0.3) is 0 Å². The minimum absolute atomic E-state index is 0.0145. The molecule has 1 aromatic rings. The fourth-order valence-electron chi connectivity index (χ4n) is 5.69. The highest BCUT2D eigenvalue weighted by Crippen LogP contribution is 2.49. The lowest BCUT2D eigenvalue weighted by Crippen LogP contribution is -2.63. The van der Waals surface area contributed by atoms with E-state index in [-0.39, 0.29) is 23.0 Å². The Hall–Kier alpha value is -2.45. The Morgan fingerprint density at radius 2 is 1.65 bits per heavy atom. The summed E-state index contributed by atoms with van der Waals surface area (Å²) in [4.78, 5) is 13.6. The molecule has 3 rings (SSSR count). The summed E-state index contributed by atoms with van der Waals surface area (Å²) < 4.78 is 6.32. The monoisotopic (exact) mass is 514 g/mol. The average molecular weight is 515 g/mol. The van der Waals surface area contributed by atoms with Crippen LogP contribution < -0.4 is 0 Å². The van der Waals surface area contributed by atoms with Crippen LogP contribution in [-0.2, 0) is 9.53 Å². The number of fused-ring (bicyclic) bond motifs is 1. The number of aliphatic hydroxyl groups is 3. The highest BCUT2D eigenvalue weighted by Gasteiger charge is 2.58. The lowest BCUT2D eigenvalue weighted by atomic mass is 9.62. The van der Waals surface area contributed by atoms with Gasteiger partial charge in [0.05, 0.1) is 24.2 Å². The molecule has 1 heterocycles. The minimum atomic E-state index is -1.62. The van der Waals surface area contributed by atoms with Gasteiger partial charge in [-0.05, 0) is 71.9 Å². The molecule has 0 aromatic heterocycles. The van der Waals surface area contributed by atoms with E-state index in [1.54, 1.807) is 0 Å². The maximum absolute atomic E-state index is 13.6. The van der Waals surface area contributed by atoms with Crippen molar-refractivity contribution in [3.05, 3.63) is 59.2 Å². The van der Waals surface area contributed by atoms with Crippen molar-refractivity contribution in [2.24, 2.45) is 23.7 Å². The number of phenols is 2. The van der Waals surface area contributed by atoms with Crippen molar-refractivity contribution in [3.63, 3.8) is 0 Å². The largest absolute Gasteiger partial charge is 0.508 e. The number of Topliss-reactive ketones (excluding diaryl/α,β-unsaturated/α-hetero) is 1. The molecule has 7 heteroatoms. The van der Waals surface area contributed by atoms with Crippen molar-refractivity contribution < 1.29 is 35.1 Å². The van der Waals surface area contributed by atoms with Gasteiger partial charge in [0.2, 0.25) is 0 Å². The molecule has 1 aromatic carbocycles. The SMILES string of the molecule is C=C(C)[C@@H](CC=C(C)C)C[C@@H]1[C@H](O)[C@@H](CC=C(C)C)[C@H](O)[C@H]2C(=O)[C@H](O)[C@@H](c3ccc(O)cc3O)O[C@@H]12. The summed E-state index contributed by atoms with van der Waals surface area (Å²) in [6, 6.07) is 3.87. The van der Waals surface area contributed by atoms with E-state index in [0.29, 0.717) is 12.8 Å². The highest BCUT2D eigenvalue weighted by atomic mass is 16.5. The van der Waals surface area contributed by atoms with Crippen molar-refractivity contribution in [3.8, 4) is 11.5 Å². The fourth-order valence-corrected chi connectivity index (χ4v) is 5.69. The van der Waals surface area contributed by atoms with Gasteiger partial charge in [-0.3, -0.25) is 4.79 Å². The Kier molecular flexibility index (Phi) is 9.40. The van der Waals surface area contributed by atoms with Gasteiger partial charge in [-0.15, -0.1) is 0 Å². The second kappa shape index (κ2) is 11.9. The third-order valence-electron chi connectivity index (χ3n) is 7.85. The number of ether oxygens (including phenoxy) is 1.